The average molecular weight is 359 g/mol. The number of ether oxygens (including phenoxy) is 1. The molecule has 3 nitrogen and oxygen atoms in total. The van der Waals surface area contributed by atoms with Gasteiger partial charge in [-0.25, -0.2) is 0 Å². The fraction of sp³-hybridized carbons (Fsp3) is 0.684. The molecule has 6 heteroatoms. The van der Waals surface area contributed by atoms with Crippen LogP contribution in [0.3, 0.4) is 0 Å². The molecule has 1 heterocycles. The molecule has 0 saturated heterocycles. The highest BCUT2D eigenvalue weighted by molar-refractivity contribution is 5.38. The van der Waals surface area contributed by atoms with Crippen LogP contribution in [0.4, 0.5) is 13.2 Å². The van der Waals surface area contributed by atoms with E-state index in [1.54, 1.807) is 7.11 Å². The average Bonchev–Trinajstić information content (AvgIpc) is 2.61. The number of alkyl halides is 3. The zero-order valence-corrected chi connectivity index (χ0v) is 14.9. The molecular formula is C19H28F3NO2. The highest BCUT2D eigenvalue weighted by Crippen LogP contribution is 2.40. The zero-order chi connectivity index (χ0) is 18.4. The molecule has 0 radical (unpaired) electrons. The molecule has 1 fully saturated rings. The number of nitrogens with zero attached hydrogens (tertiary/aromatic N) is 1. The van der Waals surface area contributed by atoms with E-state index in [1.165, 1.54) is 0 Å². The van der Waals surface area contributed by atoms with Gasteiger partial charge in [0.2, 0.25) is 0 Å². The van der Waals surface area contributed by atoms with Gasteiger partial charge in [-0.1, -0.05) is 25.2 Å². The number of halogens is 3. The summed E-state index contributed by atoms with van der Waals surface area (Å²) >= 11 is 0. The molecule has 0 aromatic heterocycles. The van der Waals surface area contributed by atoms with Gasteiger partial charge >= 0.3 is 6.18 Å². The summed E-state index contributed by atoms with van der Waals surface area (Å²) in [5.41, 5.74) is 0.949. The number of hydrogen-bond donors (Lipinski definition) is 1. The van der Waals surface area contributed by atoms with E-state index in [1.807, 2.05) is 36.3 Å². The van der Waals surface area contributed by atoms with Gasteiger partial charge < -0.3 is 14.7 Å². The molecule has 142 valence electrons. The number of allylic oxidation sites excluding steroid dienone is 2. The van der Waals surface area contributed by atoms with Gasteiger partial charge in [0.1, 0.15) is 5.76 Å². The predicted molar refractivity (Wildman–Crippen MR) is 91.7 cm³/mol. The van der Waals surface area contributed by atoms with Crippen LogP contribution in [0, 0.1) is 11.8 Å². The summed E-state index contributed by atoms with van der Waals surface area (Å²) in [4.78, 5) is 2.05. The quantitative estimate of drug-likeness (QED) is 0.762. The van der Waals surface area contributed by atoms with Crippen LogP contribution in [0.5, 0.6) is 0 Å². The Kier molecular flexibility index (Phi) is 6.99. The highest BCUT2D eigenvalue weighted by atomic mass is 19.4. The van der Waals surface area contributed by atoms with E-state index in [0.29, 0.717) is 19.4 Å². The minimum absolute atomic E-state index is 0.0598. The summed E-state index contributed by atoms with van der Waals surface area (Å²) in [6, 6.07) is 0.0598. The lowest BCUT2D eigenvalue weighted by atomic mass is 9.81. The van der Waals surface area contributed by atoms with Gasteiger partial charge in [-0.05, 0) is 38.0 Å². The Labute approximate surface area is 147 Å². The largest absolute Gasteiger partial charge is 0.495 e. The van der Waals surface area contributed by atoms with Crippen molar-refractivity contribution in [3.8, 4) is 0 Å². The minimum Gasteiger partial charge on any atom is -0.495 e. The smallest absolute Gasteiger partial charge is 0.391 e. The number of methoxy groups -OCH3 is 1. The molecule has 1 aliphatic heterocycles. The molecular weight excluding hydrogens is 331 g/mol. The van der Waals surface area contributed by atoms with Crippen molar-refractivity contribution >= 4 is 0 Å². The Hall–Kier alpha value is -1.43. The fourth-order valence-electron chi connectivity index (χ4n) is 3.50. The fourth-order valence-corrected chi connectivity index (χ4v) is 3.50. The topological polar surface area (TPSA) is 32.7 Å². The Bertz CT molecular complexity index is 513. The summed E-state index contributed by atoms with van der Waals surface area (Å²) < 4.78 is 43.6. The zero-order valence-electron chi connectivity index (χ0n) is 14.9. The van der Waals surface area contributed by atoms with Crippen molar-refractivity contribution in [2.45, 2.75) is 51.2 Å². The van der Waals surface area contributed by atoms with E-state index in [-0.39, 0.29) is 31.4 Å². The summed E-state index contributed by atoms with van der Waals surface area (Å²) in [7, 11) is 1.60. The first-order valence-electron chi connectivity index (χ1n) is 8.96. The van der Waals surface area contributed by atoms with Crippen molar-refractivity contribution in [3.05, 3.63) is 35.8 Å². The molecule has 25 heavy (non-hydrogen) atoms. The third-order valence-corrected chi connectivity index (χ3v) is 5.24. The number of rotatable bonds is 6. The lowest BCUT2D eigenvalue weighted by Crippen LogP contribution is -2.35. The standard InChI is InChI=1S/C19H28F3NO2/c1-3-17(13-24)23-11-10-15(18(12-23)25-2)7-4-14-5-8-16(9-6-14)19(20,21)22/h4,7,10,12,14,16-17,24H,3,5-6,8-9,11,13H2,1-2H3/b7-4+/t14-,16-,17-/m1/s1. The highest BCUT2D eigenvalue weighted by Gasteiger charge is 2.40. The number of aliphatic hydroxyl groups excluding tert-OH is 1. The van der Waals surface area contributed by atoms with E-state index in [2.05, 4.69) is 0 Å². The van der Waals surface area contributed by atoms with Gasteiger partial charge in [0.05, 0.1) is 25.7 Å². The maximum absolute atomic E-state index is 12.7. The molecule has 0 bridgehead atoms. The second-order valence-corrected chi connectivity index (χ2v) is 6.81. The van der Waals surface area contributed by atoms with Crippen molar-refractivity contribution < 1.29 is 23.0 Å². The lowest BCUT2D eigenvalue weighted by Gasteiger charge is -2.31. The normalized spacial score (nSPS) is 26.4. The van der Waals surface area contributed by atoms with E-state index < -0.39 is 12.1 Å². The van der Waals surface area contributed by atoms with Gasteiger partial charge in [0, 0.05) is 18.3 Å². The monoisotopic (exact) mass is 359 g/mol. The molecule has 2 rings (SSSR count). The summed E-state index contributed by atoms with van der Waals surface area (Å²) in [5, 5.41) is 9.43. The summed E-state index contributed by atoms with van der Waals surface area (Å²) in [6.45, 7) is 2.80. The Balaban J connectivity index is 1.94. The Morgan fingerprint density at radius 3 is 2.52 bits per heavy atom. The molecule has 1 atom stereocenters. The van der Waals surface area contributed by atoms with Crippen LogP contribution in [0.2, 0.25) is 0 Å². The minimum atomic E-state index is -4.06. The maximum Gasteiger partial charge on any atom is 0.391 e. The van der Waals surface area contributed by atoms with E-state index >= 15 is 0 Å². The van der Waals surface area contributed by atoms with Gasteiger partial charge in [-0.2, -0.15) is 13.2 Å². The molecule has 0 spiro atoms. The molecule has 0 aromatic rings. The lowest BCUT2D eigenvalue weighted by molar-refractivity contribution is -0.183. The van der Waals surface area contributed by atoms with Gasteiger partial charge in [0.25, 0.3) is 0 Å². The van der Waals surface area contributed by atoms with E-state index in [9.17, 15) is 18.3 Å². The van der Waals surface area contributed by atoms with Gasteiger partial charge in [-0.15, -0.1) is 0 Å². The molecule has 1 aliphatic carbocycles. The second kappa shape index (κ2) is 8.79. The first-order chi connectivity index (χ1) is 11.9. The summed E-state index contributed by atoms with van der Waals surface area (Å²) in [6.07, 6.45) is 6.29. The molecule has 1 saturated carbocycles. The van der Waals surface area contributed by atoms with Crippen LogP contribution < -0.4 is 0 Å². The molecule has 0 aromatic carbocycles. The second-order valence-electron chi connectivity index (χ2n) is 6.81. The molecule has 2 aliphatic rings. The predicted octanol–water partition coefficient (Wildman–Crippen LogP) is 4.41. The number of aliphatic hydroxyl groups is 1. The van der Waals surface area contributed by atoms with Crippen LogP contribution in [-0.4, -0.2) is 42.5 Å². The van der Waals surface area contributed by atoms with Crippen LogP contribution in [-0.2, 0) is 4.74 Å². The molecule has 0 amide bonds. The number of hydrogen-bond acceptors (Lipinski definition) is 3. The third kappa shape index (κ3) is 5.27. The van der Waals surface area contributed by atoms with E-state index in [0.717, 1.165) is 17.8 Å². The van der Waals surface area contributed by atoms with Crippen molar-refractivity contribution in [3.63, 3.8) is 0 Å². The first-order valence-corrected chi connectivity index (χ1v) is 8.96. The SMILES string of the molecule is CC[C@H](CO)N1C=C(OC)C(/C=C/[C@H]2CC[C@H](C(F)(F)F)CC2)=CC1. The Morgan fingerprint density at radius 2 is 2.00 bits per heavy atom. The third-order valence-electron chi connectivity index (χ3n) is 5.24. The van der Waals surface area contributed by atoms with Crippen LogP contribution in [0.15, 0.2) is 35.8 Å². The van der Waals surface area contributed by atoms with Crippen molar-refractivity contribution in [2.75, 3.05) is 20.3 Å². The van der Waals surface area contributed by atoms with Gasteiger partial charge in [-0.3, -0.25) is 0 Å². The first kappa shape index (κ1) is 19.9. The Morgan fingerprint density at radius 1 is 1.32 bits per heavy atom. The van der Waals surface area contributed by atoms with Crippen molar-refractivity contribution in [2.24, 2.45) is 11.8 Å². The van der Waals surface area contributed by atoms with Crippen LogP contribution in [0.25, 0.3) is 0 Å². The summed E-state index contributed by atoms with van der Waals surface area (Å²) in [5.74, 6) is -0.228. The maximum atomic E-state index is 12.7. The van der Waals surface area contributed by atoms with Crippen LogP contribution >= 0.6 is 0 Å². The molecule has 0 unspecified atom stereocenters. The van der Waals surface area contributed by atoms with Gasteiger partial charge in [0.15, 0.2) is 0 Å². The van der Waals surface area contributed by atoms with Crippen molar-refractivity contribution in [1.82, 2.24) is 4.90 Å². The van der Waals surface area contributed by atoms with E-state index in [4.69, 9.17) is 4.74 Å². The van der Waals surface area contributed by atoms with Crippen LogP contribution in [0.1, 0.15) is 39.0 Å². The van der Waals surface area contributed by atoms with Crippen molar-refractivity contribution in [1.29, 1.82) is 0 Å². The molecule has 1 N–H and O–H groups in total.